The number of aliphatic carboxylic acids is 1. The molecule has 0 radical (unpaired) electrons. The number of hydrogen-bond acceptors (Lipinski definition) is 4. The molecule has 6 heteroatoms. The third-order valence-electron chi connectivity index (χ3n) is 3.35. The van der Waals surface area contributed by atoms with Crippen LogP contribution < -0.4 is 9.47 Å². The van der Waals surface area contributed by atoms with Gasteiger partial charge in [0, 0.05) is 6.04 Å². The molecule has 0 spiro atoms. The summed E-state index contributed by atoms with van der Waals surface area (Å²) in [5, 5.41) is 8.94. The number of nitrogens with zero attached hydrogens (tertiary/aromatic N) is 1. The molecule has 3 rings (SSSR count). The van der Waals surface area contributed by atoms with E-state index in [9.17, 15) is 9.59 Å². The lowest BCUT2D eigenvalue weighted by atomic mass is 10.1. The van der Waals surface area contributed by atoms with Crippen LogP contribution in [0.5, 0.6) is 11.5 Å². The highest BCUT2D eigenvalue weighted by molar-refractivity contribution is 5.99. The Labute approximate surface area is 115 Å². The Bertz CT molecular complexity index is 552. The number of rotatable bonds is 4. The lowest BCUT2D eigenvalue weighted by Crippen LogP contribution is -2.37. The van der Waals surface area contributed by atoms with Gasteiger partial charge in [-0.1, -0.05) is 6.07 Å². The molecule has 1 heterocycles. The molecule has 1 saturated carbocycles. The number of carboxylic acid groups (broad SMARTS) is 1. The largest absolute Gasteiger partial charge is 0.486 e. The third kappa shape index (κ3) is 2.41. The Morgan fingerprint density at radius 3 is 2.70 bits per heavy atom. The average molecular weight is 277 g/mol. The lowest BCUT2D eigenvalue weighted by Gasteiger charge is -2.24. The first-order chi connectivity index (χ1) is 9.66. The first-order valence-electron chi connectivity index (χ1n) is 6.58. The first kappa shape index (κ1) is 12.8. The van der Waals surface area contributed by atoms with Crippen molar-refractivity contribution in [3.8, 4) is 11.5 Å². The zero-order valence-corrected chi connectivity index (χ0v) is 10.9. The summed E-state index contributed by atoms with van der Waals surface area (Å²) in [4.78, 5) is 24.9. The van der Waals surface area contributed by atoms with Gasteiger partial charge in [0.05, 0.1) is 5.56 Å². The van der Waals surface area contributed by atoms with Crippen LogP contribution in [0.2, 0.25) is 0 Å². The molecule has 0 saturated heterocycles. The van der Waals surface area contributed by atoms with Gasteiger partial charge in [-0.3, -0.25) is 9.59 Å². The van der Waals surface area contributed by atoms with E-state index in [0.717, 1.165) is 12.8 Å². The standard InChI is InChI=1S/C14H15NO5/c16-12(17)8-15(9-4-5-9)14(18)10-2-1-3-11-13(10)20-7-6-19-11/h1-3,9H,4-8H2,(H,16,17). The van der Waals surface area contributed by atoms with Gasteiger partial charge in [0.15, 0.2) is 11.5 Å². The Morgan fingerprint density at radius 1 is 1.25 bits per heavy atom. The molecular weight excluding hydrogens is 262 g/mol. The van der Waals surface area contributed by atoms with Crippen LogP contribution in [0.25, 0.3) is 0 Å². The van der Waals surface area contributed by atoms with Gasteiger partial charge in [-0.05, 0) is 25.0 Å². The van der Waals surface area contributed by atoms with E-state index in [1.165, 1.54) is 4.90 Å². The zero-order chi connectivity index (χ0) is 14.1. The SMILES string of the molecule is O=C(O)CN(C(=O)c1cccc2c1OCCO2)C1CC1. The fourth-order valence-corrected chi connectivity index (χ4v) is 2.30. The van der Waals surface area contributed by atoms with E-state index in [2.05, 4.69) is 0 Å². The highest BCUT2D eigenvalue weighted by atomic mass is 16.6. The highest BCUT2D eigenvalue weighted by Crippen LogP contribution is 2.36. The number of carbonyl (C=O) groups is 2. The fraction of sp³-hybridized carbons (Fsp3) is 0.429. The van der Waals surface area contributed by atoms with Crippen molar-refractivity contribution in [1.82, 2.24) is 4.90 Å². The van der Waals surface area contributed by atoms with E-state index < -0.39 is 5.97 Å². The van der Waals surface area contributed by atoms with Crippen molar-refractivity contribution in [3.05, 3.63) is 23.8 Å². The van der Waals surface area contributed by atoms with E-state index in [4.69, 9.17) is 14.6 Å². The molecule has 1 aromatic carbocycles. The molecule has 20 heavy (non-hydrogen) atoms. The molecule has 106 valence electrons. The number of amides is 1. The first-order valence-corrected chi connectivity index (χ1v) is 6.58. The Balaban J connectivity index is 1.91. The number of fused-ring (bicyclic) bond motifs is 1. The Hall–Kier alpha value is -2.24. The molecular formula is C14H15NO5. The number of hydrogen-bond donors (Lipinski definition) is 1. The summed E-state index contributed by atoms with van der Waals surface area (Å²) in [5.74, 6) is -0.363. The topological polar surface area (TPSA) is 76.1 Å². The highest BCUT2D eigenvalue weighted by Gasteiger charge is 2.36. The summed E-state index contributed by atoms with van der Waals surface area (Å²) >= 11 is 0. The number of benzene rings is 1. The van der Waals surface area contributed by atoms with E-state index in [-0.39, 0.29) is 18.5 Å². The molecule has 6 nitrogen and oxygen atoms in total. The number of ether oxygens (including phenoxy) is 2. The van der Waals surface area contributed by atoms with E-state index in [1.807, 2.05) is 0 Å². The van der Waals surface area contributed by atoms with Crippen LogP contribution >= 0.6 is 0 Å². The minimum atomic E-state index is -1.01. The van der Waals surface area contributed by atoms with Gasteiger partial charge < -0.3 is 19.5 Å². The van der Waals surface area contributed by atoms with Crippen molar-refractivity contribution in [2.24, 2.45) is 0 Å². The fourth-order valence-electron chi connectivity index (χ4n) is 2.30. The molecule has 1 aliphatic heterocycles. The van der Waals surface area contributed by atoms with Gasteiger partial charge >= 0.3 is 5.97 Å². The summed E-state index contributed by atoms with van der Waals surface area (Å²) in [6.45, 7) is 0.555. The number of carbonyl (C=O) groups excluding carboxylic acids is 1. The van der Waals surface area contributed by atoms with Gasteiger partial charge in [-0.2, -0.15) is 0 Å². The van der Waals surface area contributed by atoms with E-state index >= 15 is 0 Å². The molecule has 1 N–H and O–H groups in total. The summed E-state index contributed by atoms with van der Waals surface area (Å²) < 4.78 is 11.0. The minimum Gasteiger partial charge on any atom is -0.486 e. The van der Waals surface area contributed by atoms with Crippen LogP contribution in [0, 0.1) is 0 Å². The zero-order valence-electron chi connectivity index (χ0n) is 10.9. The van der Waals surface area contributed by atoms with Gasteiger partial charge in [0.1, 0.15) is 19.8 Å². The Kier molecular flexibility index (Phi) is 3.22. The van der Waals surface area contributed by atoms with Crippen LogP contribution in [0.1, 0.15) is 23.2 Å². The van der Waals surface area contributed by atoms with Crippen LogP contribution in [0.4, 0.5) is 0 Å². The maximum atomic E-state index is 12.6. The summed E-state index contributed by atoms with van der Waals surface area (Å²) in [6.07, 6.45) is 1.71. The molecule has 1 aliphatic carbocycles. The van der Waals surface area contributed by atoms with Crippen LogP contribution in [0.3, 0.4) is 0 Å². The van der Waals surface area contributed by atoms with Crippen molar-refractivity contribution in [2.75, 3.05) is 19.8 Å². The average Bonchev–Trinajstić information content (AvgIpc) is 3.28. The molecule has 1 amide bonds. The van der Waals surface area contributed by atoms with Gasteiger partial charge in [-0.15, -0.1) is 0 Å². The van der Waals surface area contributed by atoms with Gasteiger partial charge in [0.2, 0.25) is 0 Å². The van der Waals surface area contributed by atoms with E-state index in [0.29, 0.717) is 30.3 Å². The normalized spacial score (nSPS) is 16.6. The van der Waals surface area contributed by atoms with Crippen molar-refractivity contribution in [2.45, 2.75) is 18.9 Å². The minimum absolute atomic E-state index is 0.0268. The molecule has 0 unspecified atom stereocenters. The second kappa shape index (κ2) is 5.03. The predicted octanol–water partition coefficient (Wildman–Crippen LogP) is 1.15. The van der Waals surface area contributed by atoms with E-state index in [1.54, 1.807) is 18.2 Å². The predicted molar refractivity (Wildman–Crippen MR) is 69.1 cm³/mol. The molecule has 1 aromatic rings. The second-order valence-corrected chi connectivity index (χ2v) is 4.89. The van der Waals surface area contributed by atoms with Crippen molar-refractivity contribution in [1.29, 1.82) is 0 Å². The molecule has 0 atom stereocenters. The maximum absolute atomic E-state index is 12.6. The quantitative estimate of drug-likeness (QED) is 0.893. The number of para-hydroxylation sites is 1. The van der Waals surface area contributed by atoms with Crippen molar-refractivity contribution < 1.29 is 24.2 Å². The smallest absolute Gasteiger partial charge is 0.323 e. The van der Waals surface area contributed by atoms with Crippen molar-refractivity contribution >= 4 is 11.9 Å². The molecule has 1 fully saturated rings. The lowest BCUT2D eigenvalue weighted by molar-refractivity contribution is -0.137. The molecule has 0 aromatic heterocycles. The summed E-state index contributed by atoms with van der Waals surface area (Å²) in [7, 11) is 0. The van der Waals surface area contributed by atoms with Crippen molar-refractivity contribution in [3.63, 3.8) is 0 Å². The summed E-state index contributed by atoms with van der Waals surface area (Å²) in [5.41, 5.74) is 0.371. The molecule has 2 aliphatic rings. The monoisotopic (exact) mass is 277 g/mol. The third-order valence-corrected chi connectivity index (χ3v) is 3.35. The van der Waals surface area contributed by atoms with Crippen LogP contribution in [-0.4, -0.2) is 47.7 Å². The van der Waals surface area contributed by atoms with Gasteiger partial charge in [0.25, 0.3) is 5.91 Å². The number of carboxylic acids is 1. The maximum Gasteiger partial charge on any atom is 0.323 e. The Morgan fingerprint density at radius 2 is 2.00 bits per heavy atom. The van der Waals surface area contributed by atoms with Crippen LogP contribution in [-0.2, 0) is 4.79 Å². The van der Waals surface area contributed by atoms with Gasteiger partial charge in [-0.25, -0.2) is 0 Å². The van der Waals surface area contributed by atoms with Crippen LogP contribution in [0.15, 0.2) is 18.2 Å². The second-order valence-electron chi connectivity index (χ2n) is 4.89. The molecule has 0 bridgehead atoms. The summed E-state index contributed by atoms with van der Waals surface area (Å²) in [6, 6.07) is 5.13.